The number of carboxylic acid groups (broad SMARTS) is 2. The van der Waals surface area contributed by atoms with E-state index < -0.39 is 49.3 Å². The van der Waals surface area contributed by atoms with Crippen molar-refractivity contribution in [2.45, 2.75) is 30.7 Å². The number of carboxylic acids is 2. The Hall–Kier alpha value is -1.30. The van der Waals surface area contributed by atoms with Crippen LogP contribution in [-0.2, 0) is 14.3 Å². The zero-order valence-corrected chi connectivity index (χ0v) is 8.95. The Morgan fingerprint density at radius 2 is 1.33 bits per heavy atom. The number of hydrogen-bond donors (Lipinski definition) is 7. The minimum absolute atomic E-state index is 0.526. The van der Waals surface area contributed by atoms with E-state index in [1.54, 1.807) is 0 Å². The molecular weight excluding hydrogens is 256 g/mol. The topological polar surface area (TPSA) is 185 Å². The van der Waals surface area contributed by atoms with Crippen molar-refractivity contribution >= 4 is 11.9 Å². The number of ether oxygens (including phenoxy) is 1. The van der Waals surface area contributed by atoms with Gasteiger partial charge < -0.3 is 40.5 Å². The van der Waals surface area contributed by atoms with Gasteiger partial charge in [-0.2, -0.15) is 0 Å². The molecule has 0 amide bonds. The molecule has 10 nitrogen and oxygen atoms in total. The fourth-order valence-electron chi connectivity index (χ4n) is 1.08. The SMILES string of the molecule is O=C(O)C(=O)O.OC[C@H]1O[C@@H](O)[C@@H](O)[C@@H](O)[C@H]1O. The van der Waals surface area contributed by atoms with Crippen LogP contribution in [-0.4, -0.2) is 85.0 Å². The Bertz CT molecular complexity index is 275. The van der Waals surface area contributed by atoms with Gasteiger partial charge in [-0.3, -0.25) is 0 Å². The average molecular weight is 270 g/mol. The number of rotatable bonds is 1. The summed E-state index contributed by atoms with van der Waals surface area (Å²) in [5.41, 5.74) is 0. The van der Waals surface area contributed by atoms with Crippen LogP contribution in [0.15, 0.2) is 0 Å². The molecule has 1 heterocycles. The van der Waals surface area contributed by atoms with E-state index in [1.807, 2.05) is 0 Å². The van der Waals surface area contributed by atoms with Gasteiger partial charge in [0.15, 0.2) is 6.29 Å². The molecule has 0 aliphatic carbocycles. The Morgan fingerprint density at radius 1 is 0.889 bits per heavy atom. The van der Waals surface area contributed by atoms with Crippen LogP contribution in [0.5, 0.6) is 0 Å². The third-order valence-corrected chi connectivity index (χ3v) is 2.05. The van der Waals surface area contributed by atoms with Gasteiger partial charge in [-0.15, -0.1) is 0 Å². The van der Waals surface area contributed by atoms with Gasteiger partial charge in [0.2, 0.25) is 0 Å². The van der Waals surface area contributed by atoms with Crippen molar-refractivity contribution in [3.63, 3.8) is 0 Å². The molecular formula is C8H14O10. The number of hydrogen-bond acceptors (Lipinski definition) is 8. The first-order valence-corrected chi connectivity index (χ1v) is 4.67. The number of aliphatic hydroxyl groups is 5. The summed E-state index contributed by atoms with van der Waals surface area (Å²) in [6.45, 7) is -0.526. The zero-order chi connectivity index (χ0) is 14.5. The highest BCUT2D eigenvalue weighted by Crippen LogP contribution is 2.18. The van der Waals surface area contributed by atoms with E-state index in [9.17, 15) is 0 Å². The summed E-state index contributed by atoms with van der Waals surface area (Å²) in [5, 5.41) is 59.4. The Labute approximate surface area is 100 Å². The predicted octanol–water partition coefficient (Wildman–Crippen LogP) is -4.07. The van der Waals surface area contributed by atoms with E-state index in [1.165, 1.54) is 0 Å². The molecule has 0 saturated carbocycles. The van der Waals surface area contributed by atoms with E-state index in [2.05, 4.69) is 4.74 Å². The molecule has 7 N–H and O–H groups in total. The molecule has 1 aliphatic rings. The second-order valence-electron chi connectivity index (χ2n) is 3.33. The minimum atomic E-state index is -1.82. The fourth-order valence-corrected chi connectivity index (χ4v) is 1.08. The summed E-state index contributed by atoms with van der Waals surface area (Å²) in [7, 11) is 0. The monoisotopic (exact) mass is 270 g/mol. The second kappa shape index (κ2) is 7.20. The standard InChI is InChI=1S/C6H12O6.C2H2O4/c7-1-2-3(8)4(9)5(10)6(11)12-2;3-1(4)2(5)6/h2-11H,1H2;(H,3,4)(H,5,6)/t2-,3+,4+,5+,6-;/m1./s1. The van der Waals surface area contributed by atoms with Crippen LogP contribution in [0.3, 0.4) is 0 Å². The summed E-state index contributed by atoms with van der Waals surface area (Å²) in [6.07, 6.45) is -7.04. The van der Waals surface area contributed by atoms with Gasteiger partial charge >= 0.3 is 11.9 Å². The summed E-state index contributed by atoms with van der Waals surface area (Å²) in [6, 6.07) is 0. The molecule has 0 aromatic rings. The number of carbonyl (C=O) groups is 2. The zero-order valence-electron chi connectivity index (χ0n) is 8.95. The quantitative estimate of drug-likeness (QED) is 0.231. The summed E-state index contributed by atoms with van der Waals surface area (Å²) < 4.78 is 4.58. The highest BCUT2D eigenvalue weighted by molar-refractivity contribution is 6.27. The Balaban J connectivity index is 0.000000411. The number of aliphatic hydroxyl groups excluding tert-OH is 5. The minimum Gasteiger partial charge on any atom is -0.473 e. The molecule has 0 radical (unpaired) electrons. The van der Waals surface area contributed by atoms with Crippen LogP contribution in [0.2, 0.25) is 0 Å². The Kier molecular flexibility index (Phi) is 6.68. The molecule has 18 heavy (non-hydrogen) atoms. The lowest BCUT2D eigenvalue weighted by atomic mass is 10.00. The molecule has 5 atom stereocenters. The maximum atomic E-state index is 9.12. The summed E-state index contributed by atoms with van der Waals surface area (Å²) >= 11 is 0. The molecule has 1 fully saturated rings. The van der Waals surface area contributed by atoms with Crippen LogP contribution >= 0.6 is 0 Å². The molecule has 0 bridgehead atoms. The predicted molar refractivity (Wildman–Crippen MR) is 51.3 cm³/mol. The highest BCUT2D eigenvalue weighted by Gasteiger charge is 2.42. The Morgan fingerprint density at radius 3 is 1.67 bits per heavy atom. The van der Waals surface area contributed by atoms with Crippen LogP contribution in [0.1, 0.15) is 0 Å². The van der Waals surface area contributed by atoms with E-state index >= 15 is 0 Å². The molecule has 0 aromatic heterocycles. The molecule has 1 aliphatic heterocycles. The first-order valence-electron chi connectivity index (χ1n) is 4.67. The lowest BCUT2D eigenvalue weighted by molar-refractivity contribution is -0.286. The van der Waals surface area contributed by atoms with Gasteiger partial charge in [0.1, 0.15) is 24.4 Å². The summed E-state index contributed by atoms with van der Waals surface area (Å²) in [4.78, 5) is 18.2. The van der Waals surface area contributed by atoms with Crippen molar-refractivity contribution in [3.8, 4) is 0 Å². The van der Waals surface area contributed by atoms with Gasteiger partial charge in [0.25, 0.3) is 0 Å². The maximum absolute atomic E-state index is 9.12. The van der Waals surface area contributed by atoms with E-state index in [0.29, 0.717) is 0 Å². The van der Waals surface area contributed by atoms with Gasteiger partial charge in [0.05, 0.1) is 6.61 Å². The number of aliphatic carboxylic acids is 2. The average Bonchev–Trinajstić information content (AvgIpc) is 2.31. The van der Waals surface area contributed by atoms with Crippen LogP contribution in [0, 0.1) is 0 Å². The van der Waals surface area contributed by atoms with E-state index in [4.69, 9.17) is 45.3 Å². The van der Waals surface area contributed by atoms with Crippen molar-refractivity contribution < 1.29 is 50.1 Å². The van der Waals surface area contributed by atoms with Gasteiger partial charge in [-0.1, -0.05) is 0 Å². The summed E-state index contributed by atoms with van der Waals surface area (Å²) in [5.74, 6) is -3.65. The van der Waals surface area contributed by atoms with E-state index in [-0.39, 0.29) is 0 Å². The lowest BCUT2D eigenvalue weighted by Gasteiger charge is -2.37. The molecule has 0 spiro atoms. The lowest BCUT2D eigenvalue weighted by Crippen LogP contribution is -2.58. The van der Waals surface area contributed by atoms with Gasteiger partial charge in [-0.05, 0) is 0 Å². The first kappa shape index (κ1) is 16.7. The van der Waals surface area contributed by atoms with Crippen molar-refractivity contribution in [2.24, 2.45) is 0 Å². The molecule has 106 valence electrons. The molecule has 1 saturated heterocycles. The van der Waals surface area contributed by atoms with Crippen LogP contribution < -0.4 is 0 Å². The van der Waals surface area contributed by atoms with Gasteiger partial charge in [0, 0.05) is 0 Å². The molecule has 0 unspecified atom stereocenters. The molecule has 10 heteroatoms. The second-order valence-corrected chi connectivity index (χ2v) is 3.33. The highest BCUT2D eigenvalue weighted by atomic mass is 16.6. The third kappa shape index (κ3) is 4.52. The van der Waals surface area contributed by atoms with Crippen molar-refractivity contribution in [1.82, 2.24) is 0 Å². The largest absolute Gasteiger partial charge is 0.473 e. The molecule has 0 aromatic carbocycles. The van der Waals surface area contributed by atoms with Crippen LogP contribution in [0.4, 0.5) is 0 Å². The van der Waals surface area contributed by atoms with Crippen molar-refractivity contribution in [1.29, 1.82) is 0 Å². The van der Waals surface area contributed by atoms with Crippen molar-refractivity contribution in [3.05, 3.63) is 0 Å². The smallest absolute Gasteiger partial charge is 0.414 e. The van der Waals surface area contributed by atoms with Crippen molar-refractivity contribution in [2.75, 3.05) is 6.61 Å². The normalized spacial score (nSPS) is 35.3. The fraction of sp³-hybridized carbons (Fsp3) is 0.750. The van der Waals surface area contributed by atoms with Gasteiger partial charge in [-0.25, -0.2) is 9.59 Å². The van der Waals surface area contributed by atoms with E-state index in [0.717, 1.165) is 0 Å². The van der Waals surface area contributed by atoms with Crippen LogP contribution in [0.25, 0.3) is 0 Å². The maximum Gasteiger partial charge on any atom is 0.414 e. The third-order valence-electron chi connectivity index (χ3n) is 2.05. The molecule has 1 rings (SSSR count). The first-order chi connectivity index (χ1) is 8.22.